The summed E-state index contributed by atoms with van der Waals surface area (Å²) in [6, 6.07) is 6.56. The minimum absolute atomic E-state index is 0.0686. The predicted molar refractivity (Wildman–Crippen MR) is 60.2 cm³/mol. The van der Waals surface area contributed by atoms with E-state index in [1.165, 1.54) is 14.2 Å². The number of Topliss-reactive ketones (excluding diaryl/α,β-unsaturated/α-hetero) is 1. The number of benzene rings is 1. The zero-order valence-corrected chi connectivity index (χ0v) is 9.69. The lowest BCUT2D eigenvalue weighted by Gasteiger charge is -2.13. The standard InChI is InChI=1S/C12H15NO3/c1-4-11(14)9-5-7-10(8-6-9)12(15)13(2)16-3/h5-8H,4H2,1-3H3. The monoisotopic (exact) mass is 221 g/mol. The maximum atomic E-state index is 11.6. The number of rotatable bonds is 4. The first kappa shape index (κ1) is 12.4. The second-order valence-corrected chi connectivity index (χ2v) is 3.34. The van der Waals surface area contributed by atoms with Gasteiger partial charge in [0.2, 0.25) is 0 Å². The molecule has 1 aromatic rings. The predicted octanol–water partition coefficient (Wildman–Crippen LogP) is 1.91. The zero-order valence-electron chi connectivity index (χ0n) is 9.69. The number of ketones is 1. The van der Waals surface area contributed by atoms with E-state index < -0.39 is 0 Å². The minimum atomic E-state index is -0.238. The number of hydrogen-bond donors (Lipinski definition) is 0. The van der Waals surface area contributed by atoms with Crippen LogP contribution in [-0.2, 0) is 4.84 Å². The van der Waals surface area contributed by atoms with E-state index >= 15 is 0 Å². The molecule has 0 heterocycles. The topological polar surface area (TPSA) is 46.6 Å². The van der Waals surface area contributed by atoms with Crippen molar-refractivity contribution in [3.05, 3.63) is 35.4 Å². The summed E-state index contributed by atoms with van der Waals surface area (Å²) in [5, 5.41) is 1.14. The second-order valence-electron chi connectivity index (χ2n) is 3.34. The van der Waals surface area contributed by atoms with Crippen molar-refractivity contribution < 1.29 is 14.4 Å². The van der Waals surface area contributed by atoms with Gasteiger partial charge in [0.1, 0.15) is 0 Å². The summed E-state index contributed by atoms with van der Waals surface area (Å²) < 4.78 is 0. The Balaban J connectivity index is 2.87. The van der Waals surface area contributed by atoms with E-state index in [-0.39, 0.29) is 11.7 Å². The Kier molecular flexibility index (Phi) is 4.19. The molecular weight excluding hydrogens is 206 g/mol. The van der Waals surface area contributed by atoms with Crippen LogP contribution in [-0.4, -0.2) is 30.9 Å². The molecule has 1 amide bonds. The van der Waals surface area contributed by atoms with Gasteiger partial charge >= 0.3 is 0 Å². The number of carbonyl (C=O) groups excluding carboxylic acids is 2. The molecule has 0 saturated carbocycles. The van der Waals surface area contributed by atoms with Crippen LogP contribution in [0.2, 0.25) is 0 Å². The Morgan fingerprint density at radius 2 is 1.69 bits per heavy atom. The first-order valence-electron chi connectivity index (χ1n) is 5.05. The van der Waals surface area contributed by atoms with Crippen molar-refractivity contribution in [1.82, 2.24) is 5.06 Å². The molecule has 0 radical (unpaired) electrons. The van der Waals surface area contributed by atoms with Crippen LogP contribution in [0.15, 0.2) is 24.3 Å². The molecule has 0 spiro atoms. The SMILES string of the molecule is CCC(=O)c1ccc(C(=O)N(C)OC)cc1. The van der Waals surface area contributed by atoms with E-state index in [9.17, 15) is 9.59 Å². The van der Waals surface area contributed by atoms with Crippen molar-refractivity contribution in [2.45, 2.75) is 13.3 Å². The van der Waals surface area contributed by atoms with Gasteiger partial charge < -0.3 is 0 Å². The summed E-state index contributed by atoms with van der Waals surface area (Å²) in [4.78, 5) is 27.8. The van der Waals surface area contributed by atoms with E-state index in [1.807, 2.05) is 0 Å². The quantitative estimate of drug-likeness (QED) is 0.576. The van der Waals surface area contributed by atoms with Crippen LogP contribution in [0, 0.1) is 0 Å². The van der Waals surface area contributed by atoms with Crippen LogP contribution in [0.5, 0.6) is 0 Å². The van der Waals surface area contributed by atoms with Gasteiger partial charge in [0.25, 0.3) is 5.91 Å². The third-order valence-corrected chi connectivity index (χ3v) is 2.33. The molecule has 0 aliphatic carbocycles. The van der Waals surface area contributed by atoms with E-state index in [4.69, 9.17) is 4.84 Å². The molecular formula is C12H15NO3. The van der Waals surface area contributed by atoms with Gasteiger partial charge in [0.05, 0.1) is 7.11 Å². The average Bonchev–Trinajstić information content (AvgIpc) is 2.36. The molecule has 0 saturated heterocycles. The largest absolute Gasteiger partial charge is 0.294 e. The third-order valence-electron chi connectivity index (χ3n) is 2.33. The Labute approximate surface area is 94.8 Å². The fraction of sp³-hybridized carbons (Fsp3) is 0.333. The molecule has 0 unspecified atom stereocenters. The van der Waals surface area contributed by atoms with Crippen molar-refractivity contribution in [2.24, 2.45) is 0 Å². The van der Waals surface area contributed by atoms with Gasteiger partial charge in [-0.15, -0.1) is 0 Å². The van der Waals surface area contributed by atoms with Gasteiger partial charge in [0, 0.05) is 24.6 Å². The Bertz CT molecular complexity index is 384. The molecule has 1 rings (SSSR count). The van der Waals surface area contributed by atoms with Crippen molar-refractivity contribution in [3.63, 3.8) is 0 Å². The van der Waals surface area contributed by atoms with Gasteiger partial charge in [-0.1, -0.05) is 19.1 Å². The summed E-state index contributed by atoms with van der Waals surface area (Å²) in [5.74, 6) is -0.169. The highest BCUT2D eigenvalue weighted by atomic mass is 16.7. The zero-order chi connectivity index (χ0) is 12.1. The van der Waals surface area contributed by atoms with Crippen LogP contribution in [0.4, 0.5) is 0 Å². The van der Waals surface area contributed by atoms with Crippen molar-refractivity contribution in [3.8, 4) is 0 Å². The van der Waals surface area contributed by atoms with Crippen LogP contribution in [0.25, 0.3) is 0 Å². The third kappa shape index (κ3) is 2.67. The fourth-order valence-electron chi connectivity index (χ4n) is 1.27. The van der Waals surface area contributed by atoms with Gasteiger partial charge in [-0.3, -0.25) is 14.4 Å². The lowest BCUT2D eigenvalue weighted by atomic mass is 10.1. The maximum Gasteiger partial charge on any atom is 0.277 e. The van der Waals surface area contributed by atoms with Crippen LogP contribution in [0.3, 0.4) is 0 Å². The molecule has 4 nitrogen and oxygen atoms in total. The summed E-state index contributed by atoms with van der Waals surface area (Å²) in [5.41, 5.74) is 1.12. The highest BCUT2D eigenvalue weighted by molar-refractivity contribution is 5.98. The first-order valence-corrected chi connectivity index (χ1v) is 5.05. The normalized spacial score (nSPS) is 9.94. The van der Waals surface area contributed by atoms with Gasteiger partial charge in [0.15, 0.2) is 5.78 Å². The minimum Gasteiger partial charge on any atom is -0.294 e. The number of nitrogens with zero attached hydrogens (tertiary/aromatic N) is 1. The van der Waals surface area contributed by atoms with Crippen LogP contribution >= 0.6 is 0 Å². The molecule has 0 fully saturated rings. The van der Waals surface area contributed by atoms with E-state index in [0.29, 0.717) is 17.5 Å². The van der Waals surface area contributed by atoms with E-state index in [2.05, 4.69) is 0 Å². The molecule has 0 bridgehead atoms. The highest BCUT2D eigenvalue weighted by Gasteiger charge is 2.11. The average molecular weight is 221 g/mol. The highest BCUT2D eigenvalue weighted by Crippen LogP contribution is 2.08. The molecule has 0 aromatic heterocycles. The van der Waals surface area contributed by atoms with Gasteiger partial charge in [-0.25, -0.2) is 5.06 Å². The Morgan fingerprint density at radius 3 is 2.12 bits per heavy atom. The van der Waals surface area contributed by atoms with Crippen LogP contribution < -0.4 is 0 Å². The van der Waals surface area contributed by atoms with Crippen molar-refractivity contribution in [1.29, 1.82) is 0 Å². The molecule has 0 aliphatic heterocycles. The maximum absolute atomic E-state index is 11.6. The number of amides is 1. The summed E-state index contributed by atoms with van der Waals surface area (Å²) in [7, 11) is 2.96. The molecule has 16 heavy (non-hydrogen) atoms. The second kappa shape index (κ2) is 5.42. The van der Waals surface area contributed by atoms with Crippen LogP contribution in [0.1, 0.15) is 34.1 Å². The number of hydrogen-bond acceptors (Lipinski definition) is 3. The summed E-state index contributed by atoms with van der Waals surface area (Å²) in [6.07, 6.45) is 0.464. The Morgan fingerprint density at radius 1 is 1.19 bits per heavy atom. The summed E-state index contributed by atoms with van der Waals surface area (Å²) >= 11 is 0. The molecule has 4 heteroatoms. The van der Waals surface area contributed by atoms with Gasteiger partial charge in [-0.05, 0) is 12.1 Å². The molecule has 1 aromatic carbocycles. The number of carbonyl (C=O) groups is 2. The molecule has 0 aliphatic rings. The number of hydroxylamine groups is 2. The van der Waals surface area contributed by atoms with E-state index in [0.717, 1.165) is 5.06 Å². The first-order chi connectivity index (χ1) is 7.60. The van der Waals surface area contributed by atoms with Gasteiger partial charge in [-0.2, -0.15) is 0 Å². The smallest absolute Gasteiger partial charge is 0.277 e. The van der Waals surface area contributed by atoms with E-state index in [1.54, 1.807) is 31.2 Å². The molecule has 0 N–H and O–H groups in total. The van der Waals surface area contributed by atoms with Crippen molar-refractivity contribution >= 4 is 11.7 Å². The molecule has 86 valence electrons. The molecule has 0 atom stereocenters. The fourth-order valence-corrected chi connectivity index (χ4v) is 1.27. The van der Waals surface area contributed by atoms with Crippen molar-refractivity contribution in [2.75, 3.05) is 14.2 Å². The summed E-state index contributed by atoms with van der Waals surface area (Å²) in [6.45, 7) is 1.81. The lowest BCUT2D eigenvalue weighted by molar-refractivity contribution is -0.0756. The Hall–Kier alpha value is -1.68. The lowest BCUT2D eigenvalue weighted by Crippen LogP contribution is -2.25.